The number of hydrogen-bond acceptors (Lipinski definition) is 5. The van der Waals surface area contributed by atoms with Crippen molar-refractivity contribution in [1.82, 2.24) is 0 Å². The maximum absolute atomic E-state index is 12.0. The van der Waals surface area contributed by atoms with Gasteiger partial charge in [0.1, 0.15) is 0 Å². The summed E-state index contributed by atoms with van der Waals surface area (Å²) in [6.07, 6.45) is 2.00. The SMILES string of the molecule is C[C@@H](OC(=O)/C=C/c1cccs1)C(=O)Nc1ccc(C#N)cc1. The smallest absolute Gasteiger partial charge is 0.331 e. The maximum Gasteiger partial charge on any atom is 0.331 e. The van der Waals surface area contributed by atoms with Crippen molar-refractivity contribution in [2.45, 2.75) is 13.0 Å². The molecule has 116 valence electrons. The van der Waals surface area contributed by atoms with Crippen molar-refractivity contribution in [3.05, 3.63) is 58.3 Å². The predicted molar refractivity (Wildman–Crippen MR) is 88.7 cm³/mol. The molecule has 0 aliphatic rings. The van der Waals surface area contributed by atoms with Crippen LogP contribution < -0.4 is 5.32 Å². The molecule has 0 saturated carbocycles. The van der Waals surface area contributed by atoms with E-state index in [0.29, 0.717) is 11.3 Å². The van der Waals surface area contributed by atoms with Crippen LogP contribution in [0.2, 0.25) is 0 Å². The first-order chi connectivity index (χ1) is 11.1. The number of carbonyl (C=O) groups is 2. The number of rotatable bonds is 5. The van der Waals surface area contributed by atoms with Gasteiger partial charge in [0.2, 0.25) is 0 Å². The third-order valence-corrected chi connectivity index (χ3v) is 3.71. The molecule has 1 aromatic heterocycles. The van der Waals surface area contributed by atoms with Gasteiger partial charge in [0.25, 0.3) is 5.91 Å². The van der Waals surface area contributed by atoms with Crippen molar-refractivity contribution in [3.63, 3.8) is 0 Å². The summed E-state index contributed by atoms with van der Waals surface area (Å²) in [4.78, 5) is 24.6. The second-order valence-corrected chi connectivity index (χ2v) is 5.59. The quantitative estimate of drug-likeness (QED) is 0.676. The van der Waals surface area contributed by atoms with E-state index >= 15 is 0 Å². The van der Waals surface area contributed by atoms with Gasteiger partial charge >= 0.3 is 5.97 Å². The van der Waals surface area contributed by atoms with Crippen molar-refractivity contribution >= 4 is 35.0 Å². The Labute approximate surface area is 137 Å². The molecule has 1 heterocycles. The van der Waals surface area contributed by atoms with Crippen LogP contribution in [0.25, 0.3) is 6.08 Å². The summed E-state index contributed by atoms with van der Waals surface area (Å²) in [6.45, 7) is 1.50. The van der Waals surface area contributed by atoms with Crippen LogP contribution in [0.15, 0.2) is 47.9 Å². The van der Waals surface area contributed by atoms with Crippen LogP contribution in [0.4, 0.5) is 5.69 Å². The van der Waals surface area contributed by atoms with Gasteiger partial charge in [0, 0.05) is 16.6 Å². The lowest BCUT2D eigenvalue weighted by atomic mass is 10.2. The summed E-state index contributed by atoms with van der Waals surface area (Å²) in [5.41, 5.74) is 1.03. The number of ether oxygens (including phenoxy) is 1. The molecule has 0 bridgehead atoms. The van der Waals surface area contributed by atoms with E-state index in [1.807, 2.05) is 23.6 Å². The minimum atomic E-state index is -0.925. The highest BCUT2D eigenvalue weighted by atomic mass is 32.1. The highest BCUT2D eigenvalue weighted by molar-refractivity contribution is 7.10. The van der Waals surface area contributed by atoms with E-state index in [1.54, 1.807) is 30.3 Å². The fourth-order valence-corrected chi connectivity index (χ4v) is 2.29. The maximum atomic E-state index is 12.0. The number of thiophene rings is 1. The van der Waals surface area contributed by atoms with Crippen LogP contribution >= 0.6 is 11.3 Å². The number of carbonyl (C=O) groups excluding carboxylic acids is 2. The van der Waals surface area contributed by atoms with Crippen LogP contribution in [-0.4, -0.2) is 18.0 Å². The Balaban J connectivity index is 1.86. The molecule has 0 fully saturated rings. The molecular formula is C17H14N2O3S. The number of amides is 1. The standard InChI is InChI=1S/C17H14N2O3S/c1-12(22-16(20)9-8-15-3-2-10-23-15)17(21)19-14-6-4-13(11-18)5-7-14/h2-10,12H,1H3,(H,19,21)/b9-8+/t12-/m1/s1. The van der Waals surface area contributed by atoms with Crippen molar-refractivity contribution in [1.29, 1.82) is 5.26 Å². The van der Waals surface area contributed by atoms with Crippen molar-refractivity contribution in [2.75, 3.05) is 5.32 Å². The second kappa shape index (κ2) is 7.92. The Morgan fingerprint density at radius 3 is 2.65 bits per heavy atom. The number of hydrogen-bond donors (Lipinski definition) is 1. The minimum absolute atomic E-state index is 0.437. The zero-order valence-corrected chi connectivity index (χ0v) is 13.2. The largest absolute Gasteiger partial charge is 0.449 e. The number of nitriles is 1. The highest BCUT2D eigenvalue weighted by Gasteiger charge is 2.16. The molecule has 2 aromatic rings. The fraction of sp³-hybridized carbons (Fsp3) is 0.118. The molecule has 1 aromatic carbocycles. The average molecular weight is 326 g/mol. The van der Waals surface area contributed by atoms with Crippen molar-refractivity contribution in [2.24, 2.45) is 0 Å². The first kappa shape index (κ1) is 16.5. The normalized spacial score (nSPS) is 11.7. The second-order valence-electron chi connectivity index (χ2n) is 4.61. The summed E-state index contributed by atoms with van der Waals surface area (Å²) in [5, 5.41) is 13.2. The van der Waals surface area contributed by atoms with E-state index < -0.39 is 18.0 Å². The van der Waals surface area contributed by atoms with Gasteiger partial charge in [-0.2, -0.15) is 5.26 Å². The van der Waals surface area contributed by atoms with Crippen molar-refractivity contribution < 1.29 is 14.3 Å². The molecule has 0 aliphatic heterocycles. The van der Waals surface area contributed by atoms with E-state index in [9.17, 15) is 9.59 Å². The first-order valence-corrected chi connectivity index (χ1v) is 7.69. The molecule has 0 aliphatic carbocycles. The zero-order chi connectivity index (χ0) is 16.7. The predicted octanol–water partition coefficient (Wildman–Crippen LogP) is 3.20. The van der Waals surface area contributed by atoms with Crippen molar-refractivity contribution in [3.8, 4) is 6.07 Å². The molecule has 0 unspecified atom stereocenters. The Bertz CT molecular complexity index is 743. The van der Waals surface area contributed by atoms with E-state index in [0.717, 1.165) is 4.88 Å². The topological polar surface area (TPSA) is 79.2 Å². The number of anilines is 1. The molecule has 2 rings (SSSR count). The summed E-state index contributed by atoms with van der Waals surface area (Å²) >= 11 is 1.50. The Morgan fingerprint density at radius 1 is 1.30 bits per heavy atom. The third kappa shape index (κ3) is 5.09. The fourth-order valence-electron chi connectivity index (χ4n) is 1.68. The molecule has 0 spiro atoms. The van der Waals surface area contributed by atoms with Gasteiger partial charge in [-0.15, -0.1) is 11.3 Å². The summed E-state index contributed by atoms with van der Waals surface area (Å²) in [5.74, 6) is -1.02. The number of nitrogens with one attached hydrogen (secondary N) is 1. The van der Waals surface area contributed by atoms with Crippen LogP contribution in [0.5, 0.6) is 0 Å². The van der Waals surface area contributed by atoms with E-state index in [2.05, 4.69) is 5.32 Å². The van der Waals surface area contributed by atoms with Crippen LogP contribution in [-0.2, 0) is 14.3 Å². The summed E-state index contributed by atoms with van der Waals surface area (Å²) in [6, 6.07) is 12.2. The zero-order valence-electron chi connectivity index (χ0n) is 12.4. The van der Waals surface area contributed by atoms with Crippen LogP contribution in [0, 0.1) is 11.3 Å². The van der Waals surface area contributed by atoms with Gasteiger partial charge < -0.3 is 10.1 Å². The molecular weight excluding hydrogens is 312 g/mol. The van der Waals surface area contributed by atoms with E-state index in [-0.39, 0.29) is 0 Å². The van der Waals surface area contributed by atoms with Gasteiger partial charge in [-0.25, -0.2) is 4.79 Å². The molecule has 5 nitrogen and oxygen atoms in total. The molecule has 0 radical (unpaired) electrons. The number of esters is 1. The van der Waals surface area contributed by atoms with Gasteiger partial charge in [-0.1, -0.05) is 6.07 Å². The summed E-state index contributed by atoms with van der Waals surface area (Å²) in [7, 11) is 0. The molecule has 1 amide bonds. The third-order valence-electron chi connectivity index (χ3n) is 2.87. The Hall–Kier alpha value is -2.91. The van der Waals surface area contributed by atoms with Gasteiger partial charge in [-0.05, 0) is 48.7 Å². The Morgan fingerprint density at radius 2 is 2.04 bits per heavy atom. The van der Waals surface area contributed by atoms with Gasteiger partial charge in [-0.3, -0.25) is 4.79 Å². The lowest BCUT2D eigenvalue weighted by Crippen LogP contribution is -2.29. The molecule has 1 atom stereocenters. The number of benzene rings is 1. The Kier molecular flexibility index (Phi) is 5.67. The molecule has 23 heavy (non-hydrogen) atoms. The average Bonchev–Trinajstić information content (AvgIpc) is 3.07. The molecule has 6 heteroatoms. The molecule has 1 N–H and O–H groups in total. The van der Waals surface area contributed by atoms with E-state index in [1.165, 1.54) is 24.3 Å². The lowest BCUT2D eigenvalue weighted by molar-refractivity contribution is -0.148. The lowest BCUT2D eigenvalue weighted by Gasteiger charge is -2.12. The van der Waals surface area contributed by atoms with E-state index in [4.69, 9.17) is 10.00 Å². The van der Waals surface area contributed by atoms with Crippen LogP contribution in [0.3, 0.4) is 0 Å². The summed E-state index contributed by atoms with van der Waals surface area (Å²) < 4.78 is 5.04. The first-order valence-electron chi connectivity index (χ1n) is 6.81. The molecule has 0 saturated heterocycles. The highest BCUT2D eigenvalue weighted by Crippen LogP contribution is 2.11. The van der Waals surface area contributed by atoms with Crippen LogP contribution in [0.1, 0.15) is 17.4 Å². The van der Waals surface area contributed by atoms with Gasteiger partial charge in [0.15, 0.2) is 6.10 Å². The number of nitrogens with zero attached hydrogens (tertiary/aromatic N) is 1. The monoisotopic (exact) mass is 326 g/mol. The minimum Gasteiger partial charge on any atom is -0.449 e. The van der Waals surface area contributed by atoms with Gasteiger partial charge in [0.05, 0.1) is 11.6 Å².